The summed E-state index contributed by atoms with van der Waals surface area (Å²) in [6.07, 6.45) is 5.33. The lowest BCUT2D eigenvalue weighted by molar-refractivity contribution is 0.0926. The maximum Gasteiger partial charge on any atom is 0.271 e. The molecule has 2 rings (SSSR count). The van der Waals surface area contributed by atoms with Crippen molar-refractivity contribution in [3.05, 3.63) is 23.2 Å². The molecule has 0 aliphatic carbocycles. The Labute approximate surface area is 112 Å². The lowest BCUT2D eigenvalue weighted by atomic mass is 10.3. The van der Waals surface area contributed by atoms with Crippen LogP contribution in [0, 0.1) is 0 Å². The zero-order valence-electron chi connectivity index (χ0n) is 10.4. The van der Waals surface area contributed by atoms with Gasteiger partial charge in [0, 0.05) is 12.6 Å². The van der Waals surface area contributed by atoms with Gasteiger partial charge in [0.05, 0.1) is 12.4 Å². The minimum Gasteiger partial charge on any atom is -0.347 e. The summed E-state index contributed by atoms with van der Waals surface area (Å²) >= 11 is 5.70. The summed E-state index contributed by atoms with van der Waals surface area (Å²) in [7, 11) is 0. The van der Waals surface area contributed by atoms with Gasteiger partial charge in [0.2, 0.25) is 0 Å². The number of hydrogen-bond donors (Lipinski definition) is 1. The molecule has 1 aliphatic rings. The van der Waals surface area contributed by atoms with Crippen molar-refractivity contribution in [1.82, 2.24) is 20.2 Å². The van der Waals surface area contributed by atoms with E-state index in [0.717, 1.165) is 19.6 Å². The Morgan fingerprint density at radius 1 is 1.50 bits per heavy atom. The van der Waals surface area contributed by atoms with Crippen molar-refractivity contribution in [2.45, 2.75) is 25.8 Å². The Kier molecular flexibility index (Phi) is 4.49. The number of carbonyl (C=O) groups is 1. The van der Waals surface area contributed by atoms with E-state index in [1.807, 2.05) is 6.92 Å². The van der Waals surface area contributed by atoms with E-state index < -0.39 is 0 Å². The number of carbonyl (C=O) groups excluding carboxylic acids is 1. The zero-order valence-corrected chi connectivity index (χ0v) is 11.2. The van der Waals surface area contributed by atoms with Crippen molar-refractivity contribution in [1.29, 1.82) is 0 Å². The third-order valence-electron chi connectivity index (χ3n) is 2.95. The van der Waals surface area contributed by atoms with Crippen LogP contribution >= 0.6 is 11.6 Å². The average Bonchev–Trinajstić information content (AvgIpc) is 2.81. The highest BCUT2D eigenvalue weighted by molar-refractivity contribution is 6.29. The van der Waals surface area contributed by atoms with E-state index in [9.17, 15) is 4.79 Å². The van der Waals surface area contributed by atoms with E-state index in [1.54, 1.807) is 0 Å². The van der Waals surface area contributed by atoms with Crippen molar-refractivity contribution in [3.63, 3.8) is 0 Å². The summed E-state index contributed by atoms with van der Waals surface area (Å²) in [4.78, 5) is 22.0. The SMILES string of the molecule is CC(CN1CCCC1)NC(=O)c1cncc(Cl)n1. The molecule has 1 atom stereocenters. The Bertz CT molecular complexity index is 420. The highest BCUT2D eigenvalue weighted by atomic mass is 35.5. The van der Waals surface area contributed by atoms with Crippen LogP contribution in [0.25, 0.3) is 0 Å². The van der Waals surface area contributed by atoms with Gasteiger partial charge in [0.25, 0.3) is 5.91 Å². The third kappa shape index (κ3) is 3.65. The number of hydrogen-bond acceptors (Lipinski definition) is 4. The van der Waals surface area contributed by atoms with Gasteiger partial charge < -0.3 is 10.2 Å². The van der Waals surface area contributed by atoms with Gasteiger partial charge in [-0.05, 0) is 32.9 Å². The van der Waals surface area contributed by atoms with Gasteiger partial charge in [-0.25, -0.2) is 4.98 Å². The van der Waals surface area contributed by atoms with Crippen LogP contribution in [0.15, 0.2) is 12.4 Å². The van der Waals surface area contributed by atoms with Crippen molar-refractivity contribution in [3.8, 4) is 0 Å². The quantitative estimate of drug-likeness (QED) is 0.895. The van der Waals surface area contributed by atoms with Gasteiger partial charge in [0.1, 0.15) is 10.8 Å². The molecule has 1 saturated heterocycles. The molecule has 1 aromatic rings. The molecular formula is C12H17ClN4O. The lowest BCUT2D eigenvalue weighted by Gasteiger charge is -2.20. The summed E-state index contributed by atoms with van der Waals surface area (Å²) in [5.74, 6) is -0.225. The Morgan fingerprint density at radius 3 is 2.89 bits per heavy atom. The van der Waals surface area contributed by atoms with Gasteiger partial charge in [-0.3, -0.25) is 9.78 Å². The first-order chi connectivity index (χ1) is 8.65. The first-order valence-electron chi connectivity index (χ1n) is 6.16. The second-order valence-corrected chi connectivity index (χ2v) is 5.00. The molecular weight excluding hydrogens is 252 g/mol. The molecule has 0 radical (unpaired) electrons. The number of likely N-dealkylation sites (tertiary alicyclic amines) is 1. The largest absolute Gasteiger partial charge is 0.347 e. The Morgan fingerprint density at radius 2 is 2.22 bits per heavy atom. The van der Waals surface area contributed by atoms with Crippen molar-refractivity contribution < 1.29 is 4.79 Å². The molecule has 5 nitrogen and oxygen atoms in total. The van der Waals surface area contributed by atoms with Crippen molar-refractivity contribution in [2.75, 3.05) is 19.6 Å². The first kappa shape index (κ1) is 13.2. The predicted molar refractivity (Wildman–Crippen MR) is 69.6 cm³/mol. The van der Waals surface area contributed by atoms with E-state index in [0.29, 0.717) is 0 Å². The first-order valence-corrected chi connectivity index (χ1v) is 6.53. The normalized spacial score (nSPS) is 17.7. The second kappa shape index (κ2) is 6.11. The van der Waals surface area contributed by atoms with E-state index in [2.05, 4.69) is 20.2 Å². The predicted octanol–water partition coefficient (Wildman–Crippen LogP) is 1.34. The fraction of sp³-hybridized carbons (Fsp3) is 0.583. The maximum atomic E-state index is 11.9. The maximum absolute atomic E-state index is 11.9. The van der Waals surface area contributed by atoms with E-state index in [4.69, 9.17) is 11.6 Å². The molecule has 1 unspecified atom stereocenters. The summed E-state index contributed by atoms with van der Waals surface area (Å²) in [5, 5.41) is 3.14. The monoisotopic (exact) mass is 268 g/mol. The number of aromatic nitrogens is 2. The Hall–Kier alpha value is -1.20. The van der Waals surface area contributed by atoms with E-state index in [-0.39, 0.29) is 22.8 Å². The fourth-order valence-electron chi connectivity index (χ4n) is 2.15. The standard InChI is InChI=1S/C12H17ClN4O/c1-9(8-17-4-2-3-5-17)15-12(18)10-6-14-7-11(13)16-10/h6-7,9H,2-5,8H2,1H3,(H,15,18). The molecule has 0 bridgehead atoms. The highest BCUT2D eigenvalue weighted by Gasteiger charge is 2.17. The minimum atomic E-state index is -0.225. The second-order valence-electron chi connectivity index (χ2n) is 4.61. The molecule has 1 amide bonds. The summed E-state index contributed by atoms with van der Waals surface area (Å²) in [6.45, 7) is 5.11. The molecule has 2 heterocycles. The third-order valence-corrected chi connectivity index (χ3v) is 3.13. The number of amides is 1. The number of nitrogens with zero attached hydrogens (tertiary/aromatic N) is 3. The van der Waals surface area contributed by atoms with Crippen molar-refractivity contribution >= 4 is 17.5 Å². The number of halogens is 1. The van der Waals surface area contributed by atoms with Gasteiger partial charge in [-0.1, -0.05) is 11.6 Å². The van der Waals surface area contributed by atoms with Crippen LogP contribution in [0.2, 0.25) is 5.15 Å². The minimum absolute atomic E-state index is 0.0939. The zero-order chi connectivity index (χ0) is 13.0. The molecule has 18 heavy (non-hydrogen) atoms. The van der Waals surface area contributed by atoms with E-state index >= 15 is 0 Å². The fourth-order valence-corrected chi connectivity index (χ4v) is 2.29. The van der Waals surface area contributed by atoms with Gasteiger partial charge >= 0.3 is 0 Å². The van der Waals surface area contributed by atoms with Gasteiger partial charge in [0.15, 0.2) is 0 Å². The van der Waals surface area contributed by atoms with Crippen LogP contribution in [0.1, 0.15) is 30.3 Å². The van der Waals surface area contributed by atoms with Crippen LogP contribution in [0.4, 0.5) is 0 Å². The average molecular weight is 269 g/mol. The van der Waals surface area contributed by atoms with Crippen LogP contribution in [0.3, 0.4) is 0 Å². The topological polar surface area (TPSA) is 58.1 Å². The van der Waals surface area contributed by atoms with Gasteiger partial charge in [-0.2, -0.15) is 0 Å². The molecule has 1 aromatic heterocycles. The lowest BCUT2D eigenvalue weighted by Crippen LogP contribution is -2.41. The van der Waals surface area contributed by atoms with Crippen LogP contribution in [-0.4, -0.2) is 46.5 Å². The number of rotatable bonds is 4. The summed E-state index contributed by atoms with van der Waals surface area (Å²) in [6, 6.07) is 0.0939. The highest BCUT2D eigenvalue weighted by Crippen LogP contribution is 2.08. The summed E-state index contributed by atoms with van der Waals surface area (Å²) in [5.41, 5.74) is 0.260. The van der Waals surface area contributed by atoms with Gasteiger partial charge in [-0.15, -0.1) is 0 Å². The molecule has 1 N–H and O–H groups in total. The molecule has 0 spiro atoms. The molecule has 1 fully saturated rings. The molecule has 0 aromatic carbocycles. The molecule has 98 valence electrons. The molecule has 1 aliphatic heterocycles. The van der Waals surface area contributed by atoms with Crippen LogP contribution in [0.5, 0.6) is 0 Å². The smallest absolute Gasteiger partial charge is 0.271 e. The molecule has 0 saturated carbocycles. The van der Waals surface area contributed by atoms with Crippen LogP contribution in [-0.2, 0) is 0 Å². The van der Waals surface area contributed by atoms with Crippen LogP contribution < -0.4 is 5.32 Å². The number of nitrogens with one attached hydrogen (secondary N) is 1. The molecule has 6 heteroatoms. The summed E-state index contributed by atoms with van der Waals surface area (Å²) < 4.78 is 0. The van der Waals surface area contributed by atoms with E-state index in [1.165, 1.54) is 25.2 Å². The van der Waals surface area contributed by atoms with Crippen molar-refractivity contribution in [2.24, 2.45) is 0 Å². The Balaban J connectivity index is 1.86.